The summed E-state index contributed by atoms with van der Waals surface area (Å²) >= 11 is 0. The fourth-order valence-corrected chi connectivity index (χ4v) is 2.64. The summed E-state index contributed by atoms with van der Waals surface area (Å²) in [5, 5.41) is 6.53. The molecule has 3 heteroatoms. The fraction of sp³-hybridized carbons (Fsp3) is 0.923. The van der Waals surface area contributed by atoms with Gasteiger partial charge in [0.05, 0.1) is 6.04 Å². The molecule has 2 rings (SSSR count). The molecule has 3 nitrogen and oxygen atoms in total. The van der Waals surface area contributed by atoms with Crippen LogP contribution in [0.4, 0.5) is 0 Å². The molecular formula is C13H24N2O. The first kappa shape index (κ1) is 11.9. The van der Waals surface area contributed by atoms with E-state index >= 15 is 0 Å². The molecule has 1 amide bonds. The Morgan fingerprint density at radius 2 is 2.00 bits per heavy atom. The number of hydrogen-bond acceptors (Lipinski definition) is 2. The minimum atomic E-state index is 0.0602. The van der Waals surface area contributed by atoms with Crippen LogP contribution < -0.4 is 10.6 Å². The lowest BCUT2D eigenvalue weighted by Crippen LogP contribution is -2.49. The maximum atomic E-state index is 12.0. The maximum Gasteiger partial charge on any atom is 0.237 e. The molecule has 2 fully saturated rings. The summed E-state index contributed by atoms with van der Waals surface area (Å²) in [6.45, 7) is 3.15. The van der Waals surface area contributed by atoms with Gasteiger partial charge in [0.15, 0.2) is 0 Å². The molecule has 0 aromatic rings. The topological polar surface area (TPSA) is 41.1 Å². The molecule has 0 bridgehead atoms. The lowest BCUT2D eigenvalue weighted by molar-refractivity contribution is -0.124. The second-order valence-corrected chi connectivity index (χ2v) is 5.34. The number of nitrogens with one attached hydrogen (secondary N) is 2. The summed E-state index contributed by atoms with van der Waals surface area (Å²) in [4.78, 5) is 12.0. The van der Waals surface area contributed by atoms with Crippen LogP contribution in [0.2, 0.25) is 0 Å². The average molecular weight is 224 g/mol. The smallest absolute Gasteiger partial charge is 0.237 e. The number of rotatable bonds is 3. The van der Waals surface area contributed by atoms with Crippen molar-refractivity contribution in [2.75, 3.05) is 6.54 Å². The van der Waals surface area contributed by atoms with Crippen LogP contribution in [0.5, 0.6) is 0 Å². The first-order valence-electron chi connectivity index (χ1n) is 6.81. The van der Waals surface area contributed by atoms with Gasteiger partial charge in [-0.2, -0.15) is 0 Å². The molecular weight excluding hydrogens is 200 g/mol. The van der Waals surface area contributed by atoms with Crippen LogP contribution in [0.3, 0.4) is 0 Å². The van der Waals surface area contributed by atoms with Crippen molar-refractivity contribution in [1.29, 1.82) is 0 Å². The van der Waals surface area contributed by atoms with Gasteiger partial charge in [0.25, 0.3) is 0 Å². The Kier molecular flexibility index (Phi) is 4.22. The Morgan fingerprint density at radius 1 is 1.19 bits per heavy atom. The number of amides is 1. The Bertz CT molecular complexity index is 230. The first-order valence-corrected chi connectivity index (χ1v) is 6.81. The van der Waals surface area contributed by atoms with E-state index in [0.717, 1.165) is 18.9 Å². The number of carbonyl (C=O) groups is 1. The van der Waals surface area contributed by atoms with Crippen LogP contribution in [0.1, 0.15) is 51.9 Å². The van der Waals surface area contributed by atoms with Gasteiger partial charge in [0, 0.05) is 6.04 Å². The monoisotopic (exact) mass is 224 g/mol. The number of hydrogen-bond donors (Lipinski definition) is 2. The third kappa shape index (κ3) is 2.97. The third-order valence-corrected chi connectivity index (χ3v) is 4.10. The van der Waals surface area contributed by atoms with E-state index in [2.05, 4.69) is 17.6 Å². The predicted octanol–water partition coefficient (Wildman–Crippen LogP) is 1.82. The van der Waals surface area contributed by atoms with Crippen LogP contribution >= 0.6 is 0 Å². The fourth-order valence-electron chi connectivity index (χ4n) is 2.64. The van der Waals surface area contributed by atoms with Gasteiger partial charge in [0.1, 0.15) is 0 Å². The summed E-state index contributed by atoms with van der Waals surface area (Å²) in [5.74, 6) is 0.955. The molecule has 2 N–H and O–H groups in total. The highest BCUT2D eigenvalue weighted by Gasteiger charge is 2.27. The van der Waals surface area contributed by atoms with Crippen molar-refractivity contribution in [3.05, 3.63) is 0 Å². The molecule has 16 heavy (non-hydrogen) atoms. The Labute approximate surface area is 98.4 Å². The van der Waals surface area contributed by atoms with Crippen LogP contribution in [-0.2, 0) is 4.79 Å². The third-order valence-electron chi connectivity index (χ3n) is 4.10. The summed E-state index contributed by atoms with van der Waals surface area (Å²) in [6.07, 6.45) is 8.58. The summed E-state index contributed by atoms with van der Waals surface area (Å²) in [7, 11) is 0. The van der Waals surface area contributed by atoms with Crippen LogP contribution in [0.25, 0.3) is 0 Å². The van der Waals surface area contributed by atoms with Crippen molar-refractivity contribution in [3.63, 3.8) is 0 Å². The zero-order valence-corrected chi connectivity index (χ0v) is 10.3. The average Bonchev–Trinajstić information content (AvgIpc) is 2.42. The predicted molar refractivity (Wildman–Crippen MR) is 65.2 cm³/mol. The molecule has 0 radical (unpaired) electrons. The van der Waals surface area contributed by atoms with E-state index in [4.69, 9.17) is 0 Å². The minimum Gasteiger partial charge on any atom is -0.352 e. The van der Waals surface area contributed by atoms with E-state index in [1.54, 1.807) is 0 Å². The lowest BCUT2D eigenvalue weighted by Gasteiger charge is -2.32. The highest BCUT2D eigenvalue weighted by molar-refractivity contribution is 5.82. The van der Waals surface area contributed by atoms with Crippen molar-refractivity contribution in [2.45, 2.75) is 64.0 Å². The zero-order chi connectivity index (χ0) is 11.4. The van der Waals surface area contributed by atoms with Gasteiger partial charge in [-0.15, -0.1) is 0 Å². The normalized spacial score (nSPS) is 28.9. The van der Waals surface area contributed by atoms with E-state index < -0.39 is 0 Å². The Balaban J connectivity index is 1.76. The minimum absolute atomic E-state index is 0.0602. The van der Waals surface area contributed by atoms with Crippen LogP contribution in [0, 0.1) is 5.92 Å². The molecule has 0 aromatic heterocycles. The van der Waals surface area contributed by atoms with Gasteiger partial charge >= 0.3 is 0 Å². The molecule has 0 aromatic carbocycles. The molecule has 1 saturated carbocycles. The molecule has 1 heterocycles. The van der Waals surface area contributed by atoms with E-state index in [0.29, 0.717) is 6.04 Å². The lowest BCUT2D eigenvalue weighted by atomic mass is 9.80. The Morgan fingerprint density at radius 3 is 2.69 bits per heavy atom. The van der Waals surface area contributed by atoms with Gasteiger partial charge < -0.3 is 10.6 Å². The molecule has 1 saturated heterocycles. The summed E-state index contributed by atoms with van der Waals surface area (Å²) in [5.41, 5.74) is 0. The van der Waals surface area contributed by atoms with Gasteiger partial charge in [-0.05, 0) is 45.1 Å². The van der Waals surface area contributed by atoms with E-state index in [1.165, 1.54) is 38.5 Å². The van der Waals surface area contributed by atoms with Gasteiger partial charge in [0.2, 0.25) is 5.91 Å². The molecule has 92 valence electrons. The van der Waals surface area contributed by atoms with E-state index in [1.807, 2.05) is 0 Å². The number of carbonyl (C=O) groups excluding carboxylic acids is 1. The molecule has 0 spiro atoms. The highest BCUT2D eigenvalue weighted by Crippen LogP contribution is 2.29. The van der Waals surface area contributed by atoms with Crippen molar-refractivity contribution >= 4 is 5.91 Å². The van der Waals surface area contributed by atoms with E-state index in [9.17, 15) is 4.79 Å². The van der Waals surface area contributed by atoms with Crippen LogP contribution in [-0.4, -0.2) is 24.5 Å². The highest BCUT2D eigenvalue weighted by atomic mass is 16.2. The second-order valence-electron chi connectivity index (χ2n) is 5.34. The van der Waals surface area contributed by atoms with Crippen molar-refractivity contribution < 1.29 is 4.79 Å². The van der Waals surface area contributed by atoms with Crippen LogP contribution in [0.15, 0.2) is 0 Å². The Hall–Kier alpha value is -0.570. The first-order chi connectivity index (χ1) is 7.77. The second kappa shape index (κ2) is 5.67. The largest absolute Gasteiger partial charge is 0.352 e. The van der Waals surface area contributed by atoms with Gasteiger partial charge in [-0.25, -0.2) is 0 Å². The molecule has 1 aliphatic carbocycles. The molecule has 2 aliphatic rings. The quantitative estimate of drug-likeness (QED) is 0.768. The molecule has 1 aliphatic heterocycles. The standard InChI is InChI=1S/C13H24N2O/c1-10(11-6-5-7-11)15-13(16)12-8-3-2-4-9-14-12/h10-12,14H,2-9H2,1H3,(H,15,16). The zero-order valence-electron chi connectivity index (χ0n) is 10.3. The maximum absolute atomic E-state index is 12.0. The van der Waals surface area contributed by atoms with Crippen molar-refractivity contribution in [2.24, 2.45) is 5.92 Å². The molecule has 2 unspecified atom stereocenters. The van der Waals surface area contributed by atoms with Gasteiger partial charge in [-0.1, -0.05) is 19.3 Å². The van der Waals surface area contributed by atoms with Crippen molar-refractivity contribution in [3.8, 4) is 0 Å². The van der Waals surface area contributed by atoms with Crippen molar-refractivity contribution in [1.82, 2.24) is 10.6 Å². The SMILES string of the molecule is CC(NC(=O)C1CCCCCN1)C1CCC1. The summed E-state index contributed by atoms with van der Waals surface area (Å²) in [6, 6.07) is 0.427. The summed E-state index contributed by atoms with van der Waals surface area (Å²) < 4.78 is 0. The molecule has 2 atom stereocenters. The van der Waals surface area contributed by atoms with Gasteiger partial charge in [-0.3, -0.25) is 4.79 Å². The van der Waals surface area contributed by atoms with E-state index in [-0.39, 0.29) is 11.9 Å².